The SMILES string of the molecule is Cc1cc(C#N)cnc1C(=O)Nc1cc(F)c(C)c([C@@](CC(N)N)(NC(N)=O)C(F)F)c1. The smallest absolute Gasteiger partial charge is 0.313 e. The molecule has 8 N–H and O–H groups in total. The van der Waals surface area contributed by atoms with Gasteiger partial charge in [-0.15, -0.1) is 0 Å². The molecular formula is C20H22F3N7O2. The maximum absolute atomic E-state index is 14.7. The number of rotatable bonds is 7. The molecule has 12 heteroatoms. The molecule has 2 rings (SSSR count). The van der Waals surface area contributed by atoms with Crippen LogP contribution in [0.4, 0.5) is 23.7 Å². The van der Waals surface area contributed by atoms with Gasteiger partial charge in [-0.05, 0) is 48.7 Å². The fourth-order valence-electron chi connectivity index (χ4n) is 3.36. The molecule has 0 unspecified atom stereocenters. The van der Waals surface area contributed by atoms with Crippen LogP contribution in [0.1, 0.15) is 39.2 Å². The normalized spacial score (nSPS) is 12.9. The molecule has 0 aliphatic heterocycles. The number of pyridine rings is 1. The molecule has 170 valence electrons. The molecule has 1 heterocycles. The fraction of sp³-hybridized carbons (Fsp3) is 0.300. The number of nitrogens with two attached hydrogens (primary N) is 3. The largest absolute Gasteiger partial charge is 0.352 e. The van der Waals surface area contributed by atoms with Crippen LogP contribution in [0.5, 0.6) is 0 Å². The lowest BCUT2D eigenvalue weighted by molar-refractivity contribution is 0.0245. The molecule has 0 saturated heterocycles. The Morgan fingerprint density at radius 2 is 1.91 bits per heavy atom. The number of aromatic nitrogens is 1. The van der Waals surface area contributed by atoms with E-state index in [1.807, 2.05) is 11.4 Å². The van der Waals surface area contributed by atoms with Crippen molar-refractivity contribution in [3.63, 3.8) is 0 Å². The maximum Gasteiger partial charge on any atom is 0.313 e. The molecule has 1 aromatic carbocycles. The number of nitrogens with one attached hydrogen (secondary N) is 2. The first-order valence-corrected chi connectivity index (χ1v) is 9.27. The molecule has 0 fully saturated rings. The second-order valence-corrected chi connectivity index (χ2v) is 7.22. The number of primary amides is 1. The number of nitrogens with zero attached hydrogens (tertiary/aromatic N) is 2. The van der Waals surface area contributed by atoms with Gasteiger partial charge in [0.05, 0.1) is 11.7 Å². The van der Waals surface area contributed by atoms with E-state index in [1.54, 1.807) is 6.92 Å². The summed E-state index contributed by atoms with van der Waals surface area (Å²) in [6.07, 6.45) is -4.05. The van der Waals surface area contributed by atoms with Crippen molar-refractivity contribution in [1.82, 2.24) is 10.3 Å². The molecule has 0 aliphatic carbocycles. The minimum absolute atomic E-state index is 0.0501. The van der Waals surface area contributed by atoms with Gasteiger partial charge < -0.3 is 27.8 Å². The van der Waals surface area contributed by atoms with E-state index in [4.69, 9.17) is 22.5 Å². The Labute approximate surface area is 181 Å². The standard InChI is InChI=1S/C20H22F3N7O2/c1-9-3-11(7-24)8-28-16(9)17(31)29-12-4-13(10(2)14(21)5-12)20(18(22)23,6-15(25)26)30-19(27)32/h3-5,8,15,18H,6,25-26H2,1-2H3,(H,29,31)(H3,27,30,32)/t20-/m1/s1. The van der Waals surface area contributed by atoms with Gasteiger partial charge in [-0.1, -0.05) is 0 Å². The Morgan fingerprint density at radius 3 is 2.41 bits per heavy atom. The number of urea groups is 1. The number of alkyl halides is 2. The minimum Gasteiger partial charge on any atom is -0.352 e. The van der Waals surface area contributed by atoms with Gasteiger partial charge in [0.25, 0.3) is 12.3 Å². The van der Waals surface area contributed by atoms with Crippen LogP contribution in [-0.4, -0.2) is 29.5 Å². The molecule has 0 radical (unpaired) electrons. The van der Waals surface area contributed by atoms with Crippen LogP contribution in [0, 0.1) is 31.0 Å². The van der Waals surface area contributed by atoms with Crippen molar-refractivity contribution in [1.29, 1.82) is 5.26 Å². The molecule has 32 heavy (non-hydrogen) atoms. The third-order valence-electron chi connectivity index (χ3n) is 4.78. The van der Waals surface area contributed by atoms with Crippen molar-refractivity contribution >= 4 is 17.6 Å². The third-order valence-corrected chi connectivity index (χ3v) is 4.78. The number of anilines is 1. The molecule has 0 bridgehead atoms. The highest BCUT2D eigenvalue weighted by molar-refractivity contribution is 6.04. The van der Waals surface area contributed by atoms with Gasteiger partial charge in [0, 0.05) is 18.3 Å². The summed E-state index contributed by atoms with van der Waals surface area (Å²) >= 11 is 0. The highest BCUT2D eigenvalue weighted by Crippen LogP contribution is 2.37. The summed E-state index contributed by atoms with van der Waals surface area (Å²) in [7, 11) is 0. The van der Waals surface area contributed by atoms with Gasteiger partial charge in [-0.2, -0.15) is 5.26 Å². The van der Waals surface area contributed by atoms with E-state index in [1.165, 1.54) is 19.2 Å². The first-order valence-electron chi connectivity index (χ1n) is 9.27. The van der Waals surface area contributed by atoms with Crippen LogP contribution in [-0.2, 0) is 5.54 Å². The zero-order chi connectivity index (χ0) is 24.2. The highest BCUT2D eigenvalue weighted by atomic mass is 19.3. The number of aryl methyl sites for hydroxylation is 1. The predicted octanol–water partition coefficient (Wildman–Crippen LogP) is 1.72. The lowest BCUT2D eigenvalue weighted by Crippen LogP contribution is -2.57. The van der Waals surface area contributed by atoms with Crippen molar-refractivity contribution < 1.29 is 22.8 Å². The molecule has 3 amide bonds. The monoisotopic (exact) mass is 449 g/mol. The van der Waals surface area contributed by atoms with Crippen LogP contribution in [0.25, 0.3) is 0 Å². The second-order valence-electron chi connectivity index (χ2n) is 7.22. The van der Waals surface area contributed by atoms with Crippen molar-refractivity contribution in [2.45, 2.75) is 38.4 Å². The van der Waals surface area contributed by atoms with Gasteiger partial charge in [0.1, 0.15) is 23.1 Å². The van der Waals surface area contributed by atoms with Crippen molar-refractivity contribution in [2.24, 2.45) is 17.2 Å². The van der Waals surface area contributed by atoms with Crippen LogP contribution in [0.2, 0.25) is 0 Å². The van der Waals surface area contributed by atoms with E-state index in [9.17, 15) is 22.8 Å². The third kappa shape index (κ3) is 5.13. The van der Waals surface area contributed by atoms with Crippen LogP contribution in [0.15, 0.2) is 24.4 Å². The lowest BCUT2D eigenvalue weighted by Gasteiger charge is -2.36. The summed E-state index contributed by atoms with van der Waals surface area (Å²) in [5, 5.41) is 13.2. The van der Waals surface area contributed by atoms with Crippen LogP contribution >= 0.6 is 0 Å². The number of amides is 3. The second kappa shape index (κ2) is 9.63. The Morgan fingerprint density at radius 1 is 1.25 bits per heavy atom. The number of carbonyl (C=O) groups excluding carboxylic acids is 2. The van der Waals surface area contributed by atoms with E-state index >= 15 is 0 Å². The molecular weight excluding hydrogens is 427 g/mol. The van der Waals surface area contributed by atoms with Crippen LogP contribution < -0.4 is 27.8 Å². The van der Waals surface area contributed by atoms with Gasteiger partial charge in [0.2, 0.25) is 0 Å². The number of nitriles is 1. The van der Waals surface area contributed by atoms with Gasteiger partial charge >= 0.3 is 6.03 Å². The summed E-state index contributed by atoms with van der Waals surface area (Å²) in [6.45, 7) is 2.77. The zero-order valence-corrected chi connectivity index (χ0v) is 17.2. The Balaban J connectivity index is 2.57. The van der Waals surface area contributed by atoms with E-state index < -0.39 is 42.3 Å². The number of hydrogen-bond donors (Lipinski definition) is 5. The summed E-state index contributed by atoms with van der Waals surface area (Å²) in [4.78, 5) is 28.0. The van der Waals surface area contributed by atoms with E-state index in [0.29, 0.717) is 5.56 Å². The number of benzene rings is 1. The molecule has 9 nitrogen and oxygen atoms in total. The van der Waals surface area contributed by atoms with Gasteiger partial charge in [-0.25, -0.2) is 22.9 Å². The van der Waals surface area contributed by atoms with E-state index in [0.717, 1.165) is 12.1 Å². The summed E-state index contributed by atoms with van der Waals surface area (Å²) in [6, 6.07) is 4.04. The molecule has 1 aromatic heterocycles. The van der Waals surface area contributed by atoms with Gasteiger partial charge in [-0.3, -0.25) is 4.79 Å². The first kappa shape index (κ1) is 24.6. The number of carbonyl (C=O) groups is 2. The Hall–Kier alpha value is -3.69. The van der Waals surface area contributed by atoms with Gasteiger partial charge in [0.15, 0.2) is 0 Å². The number of hydrogen-bond acceptors (Lipinski definition) is 6. The average molecular weight is 449 g/mol. The fourth-order valence-corrected chi connectivity index (χ4v) is 3.36. The minimum atomic E-state index is -3.27. The first-order chi connectivity index (χ1) is 14.9. The van der Waals surface area contributed by atoms with Crippen molar-refractivity contribution in [2.75, 3.05) is 5.32 Å². The Bertz CT molecular complexity index is 1090. The predicted molar refractivity (Wildman–Crippen MR) is 110 cm³/mol. The lowest BCUT2D eigenvalue weighted by atomic mass is 9.82. The van der Waals surface area contributed by atoms with Crippen LogP contribution in [0.3, 0.4) is 0 Å². The Kier molecular flexibility index (Phi) is 7.40. The molecule has 0 aliphatic rings. The molecule has 0 spiro atoms. The van der Waals surface area contributed by atoms with Crippen molar-refractivity contribution in [3.8, 4) is 6.07 Å². The van der Waals surface area contributed by atoms with Crippen molar-refractivity contribution in [3.05, 3.63) is 58.2 Å². The summed E-state index contributed by atoms with van der Waals surface area (Å²) in [5.41, 5.74) is 13.4. The van der Waals surface area contributed by atoms with E-state index in [2.05, 4.69) is 10.3 Å². The molecule has 1 atom stereocenters. The maximum atomic E-state index is 14.7. The molecule has 0 saturated carbocycles. The number of halogens is 3. The topological polar surface area (TPSA) is 173 Å². The summed E-state index contributed by atoms with van der Waals surface area (Å²) in [5.74, 6) is -1.69. The molecule has 2 aromatic rings. The average Bonchev–Trinajstić information content (AvgIpc) is 2.68. The zero-order valence-electron chi connectivity index (χ0n) is 17.2. The van der Waals surface area contributed by atoms with E-state index in [-0.39, 0.29) is 28.1 Å². The highest BCUT2D eigenvalue weighted by Gasteiger charge is 2.45. The quantitative estimate of drug-likeness (QED) is 0.403. The summed E-state index contributed by atoms with van der Waals surface area (Å²) < 4.78 is 43.1.